The Morgan fingerprint density at radius 2 is 1.79 bits per heavy atom. The second-order valence-electron chi connectivity index (χ2n) is 5.80. The zero-order chi connectivity index (χ0) is 20.6. The summed E-state index contributed by atoms with van der Waals surface area (Å²) in [5.41, 5.74) is 4.39. The van der Waals surface area contributed by atoms with Crippen molar-refractivity contribution in [1.82, 2.24) is 5.43 Å². The Kier molecular flexibility index (Phi) is 6.89. The highest BCUT2D eigenvalue weighted by molar-refractivity contribution is 7.80. The van der Waals surface area contributed by atoms with Crippen LogP contribution < -0.4 is 15.5 Å². The van der Waals surface area contributed by atoms with Gasteiger partial charge in [-0.15, -0.1) is 0 Å². The number of anilines is 1. The highest BCUT2D eigenvalue weighted by Gasteiger charge is 2.08. The predicted molar refractivity (Wildman–Crippen MR) is 116 cm³/mol. The van der Waals surface area contributed by atoms with E-state index in [0.29, 0.717) is 27.6 Å². The minimum absolute atomic E-state index is 0.248. The van der Waals surface area contributed by atoms with Gasteiger partial charge in [-0.05, 0) is 78.4 Å². The molecule has 0 bridgehead atoms. The normalized spacial score (nSPS) is 10.6. The van der Waals surface area contributed by atoms with Gasteiger partial charge in [0, 0.05) is 10.7 Å². The summed E-state index contributed by atoms with van der Waals surface area (Å²) in [5.74, 6) is -0.441. The van der Waals surface area contributed by atoms with E-state index in [1.807, 2.05) is 0 Å². The number of carbonyl (C=O) groups is 1. The number of hydrogen-bond acceptors (Lipinski definition) is 4. The van der Waals surface area contributed by atoms with Gasteiger partial charge < -0.3 is 10.1 Å². The van der Waals surface area contributed by atoms with Gasteiger partial charge in [0.05, 0.1) is 11.8 Å². The molecule has 0 heterocycles. The molecule has 0 aliphatic carbocycles. The standard InChI is InChI=1S/C21H15ClFN3O2S/c22-16-6-4-15(5-7-16)20(27)28-19-3-1-2-14(12-19)13-24-26-21(29)25-18-10-8-17(23)9-11-18/h1-13H,(H2,25,26,29). The Hall–Kier alpha value is -3.29. The van der Waals surface area contributed by atoms with Gasteiger partial charge in [0.25, 0.3) is 0 Å². The van der Waals surface area contributed by atoms with Gasteiger partial charge in [-0.2, -0.15) is 5.10 Å². The van der Waals surface area contributed by atoms with E-state index in [4.69, 9.17) is 28.6 Å². The fourth-order valence-electron chi connectivity index (χ4n) is 2.27. The number of benzene rings is 3. The number of ether oxygens (including phenoxy) is 1. The monoisotopic (exact) mass is 427 g/mol. The topological polar surface area (TPSA) is 62.7 Å². The number of hydrogen-bond donors (Lipinski definition) is 2. The molecular weight excluding hydrogens is 413 g/mol. The van der Waals surface area contributed by atoms with Crippen LogP contribution >= 0.6 is 23.8 Å². The molecule has 0 aromatic heterocycles. The van der Waals surface area contributed by atoms with E-state index in [2.05, 4.69) is 15.8 Å². The Morgan fingerprint density at radius 3 is 2.52 bits per heavy atom. The smallest absolute Gasteiger partial charge is 0.343 e. The number of thiocarbonyl (C=S) groups is 1. The van der Waals surface area contributed by atoms with E-state index in [-0.39, 0.29) is 10.9 Å². The lowest BCUT2D eigenvalue weighted by Gasteiger charge is -2.07. The molecule has 146 valence electrons. The van der Waals surface area contributed by atoms with E-state index in [1.54, 1.807) is 60.7 Å². The fraction of sp³-hybridized carbons (Fsp3) is 0. The van der Waals surface area contributed by atoms with E-state index < -0.39 is 5.97 Å². The molecule has 0 spiro atoms. The molecule has 0 radical (unpaired) electrons. The number of carbonyl (C=O) groups excluding carboxylic acids is 1. The van der Waals surface area contributed by atoms with Crippen molar-refractivity contribution in [3.63, 3.8) is 0 Å². The lowest BCUT2D eigenvalue weighted by molar-refractivity contribution is 0.0735. The van der Waals surface area contributed by atoms with E-state index in [1.165, 1.54) is 18.3 Å². The third kappa shape index (κ3) is 6.38. The van der Waals surface area contributed by atoms with Crippen LogP contribution in [0.2, 0.25) is 5.02 Å². The van der Waals surface area contributed by atoms with E-state index in [0.717, 1.165) is 0 Å². The summed E-state index contributed by atoms with van der Waals surface area (Å²) in [4.78, 5) is 12.2. The molecule has 0 saturated heterocycles. The zero-order valence-electron chi connectivity index (χ0n) is 14.9. The van der Waals surface area contributed by atoms with Crippen LogP contribution in [-0.2, 0) is 0 Å². The summed E-state index contributed by atoms with van der Waals surface area (Å²) >= 11 is 10.9. The molecule has 5 nitrogen and oxygen atoms in total. The van der Waals surface area contributed by atoms with Crippen LogP contribution in [0, 0.1) is 5.82 Å². The molecule has 0 aliphatic heterocycles. The number of hydrazone groups is 1. The summed E-state index contributed by atoms with van der Waals surface area (Å²) in [7, 11) is 0. The van der Waals surface area contributed by atoms with Crippen molar-refractivity contribution in [1.29, 1.82) is 0 Å². The van der Waals surface area contributed by atoms with E-state index >= 15 is 0 Å². The lowest BCUT2D eigenvalue weighted by atomic mass is 10.2. The molecule has 29 heavy (non-hydrogen) atoms. The van der Waals surface area contributed by atoms with Gasteiger partial charge in [0.2, 0.25) is 0 Å². The van der Waals surface area contributed by atoms with Gasteiger partial charge in [-0.3, -0.25) is 5.43 Å². The SMILES string of the molecule is O=C(Oc1cccc(C=NNC(=S)Nc2ccc(F)cc2)c1)c1ccc(Cl)cc1. The minimum Gasteiger partial charge on any atom is -0.423 e. The number of nitrogens with one attached hydrogen (secondary N) is 2. The summed E-state index contributed by atoms with van der Waals surface area (Å²) in [5, 5.41) is 7.70. The first-order valence-corrected chi connectivity index (χ1v) is 9.22. The average Bonchev–Trinajstić information content (AvgIpc) is 2.70. The highest BCUT2D eigenvalue weighted by atomic mass is 35.5. The first kappa shape index (κ1) is 20.4. The van der Waals surface area contributed by atoms with Crippen molar-refractivity contribution in [3.8, 4) is 5.75 Å². The molecule has 3 aromatic carbocycles. The molecule has 0 fully saturated rings. The van der Waals surface area contributed by atoms with Crippen LogP contribution in [-0.4, -0.2) is 17.3 Å². The third-order valence-corrected chi connectivity index (χ3v) is 4.08. The number of esters is 1. The summed E-state index contributed by atoms with van der Waals surface area (Å²) < 4.78 is 18.3. The summed E-state index contributed by atoms with van der Waals surface area (Å²) in [6.45, 7) is 0. The van der Waals surface area contributed by atoms with Gasteiger partial charge in [-0.1, -0.05) is 23.7 Å². The van der Waals surface area contributed by atoms with Gasteiger partial charge in [0.15, 0.2) is 5.11 Å². The predicted octanol–water partition coefficient (Wildman–Crippen LogP) is 5.02. The largest absolute Gasteiger partial charge is 0.423 e. The Balaban J connectivity index is 1.56. The van der Waals surface area contributed by atoms with Crippen LogP contribution in [0.1, 0.15) is 15.9 Å². The van der Waals surface area contributed by atoms with Crippen molar-refractivity contribution in [2.45, 2.75) is 0 Å². The average molecular weight is 428 g/mol. The number of nitrogens with zero attached hydrogens (tertiary/aromatic N) is 1. The fourth-order valence-corrected chi connectivity index (χ4v) is 2.56. The molecule has 0 aliphatic rings. The number of rotatable bonds is 5. The molecule has 3 aromatic rings. The minimum atomic E-state index is -0.487. The third-order valence-electron chi connectivity index (χ3n) is 3.63. The molecular formula is C21H15ClFN3O2S. The Labute approximate surface area is 177 Å². The van der Waals surface area contributed by atoms with Crippen LogP contribution in [0.4, 0.5) is 10.1 Å². The van der Waals surface area contributed by atoms with Crippen LogP contribution in [0.25, 0.3) is 0 Å². The van der Waals surface area contributed by atoms with Crippen LogP contribution in [0.15, 0.2) is 77.9 Å². The first-order valence-electron chi connectivity index (χ1n) is 8.43. The maximum Gasteiger partial charge on any atom is 0.343 e. The molecule has 3 rings (SSSR count). The van der Waals surface area contributed by atoms with Crippen molar-refractivity contribution >= 4 is 46.8 Å². The van der Waals surface area contributed by atoms with Crippen molar-refractivity contribution < 1.29 is 13.9 Å². The van der Waals surface area contributed by atoms with Crippen molar-refractivity contribution in [2.24, 2.45) is 5.10 Å². The summed E-state index contributed by atoms with van der Waals surface area (Å²) in [6, 6.07) is 19.1. The van der Waals surface area contributed by atoms with Gasteiger partial charge in [0.1, 0.15) is 11.6 Å². The molecule has 0 unspecified atom stereocenters. The number of halogens is 2. The lowest BCUT2D eigenvalue weighted by Crippen LogP contribution is -2.23. The first-order chi connectivity index (χ1) is 14.0. The Bertz CT molecular complexity index is 1040. The zero-order valence-corrected chi connectivity index (χ0v) is 16.5. The molecule has 0 atom stereocenters. The van der Waals surface area contributed by atoms with Gasteiger partial charge >= 0.3 is 5.97 Å². The molecule has 0 saturated carbocycles. The highest BCUT2D eigenvalue weighted by Crippen LogP contribution is 2.16. The second kappa shape index (κ2) is 9.77. The maximum atomic E-state index is 12.9. The Morgan fingerprint density at radius 1 is 1.07 bits per heavy atom. The molecule has 0 amide bonds. The van der Waals surface area contributed by atoms with Gasteiger partial charge in [-0.25, -0.2) is 9.18 Å². The quantitative estimate of drug-likeness (QED) is 0.197. The van der Waals surface area contributed by atoms with Crippen molar-refractivity contribution in [3.05, 3.63) is 94.8 Å². The van der Waals surface area contributed by atoms with E-state index in [9.17, 15) is 9.18 Å². The molecule has 2 N–H and O–H groups in total. The summed E-state index contributed by atoms with van der Waals surface area (Å²) in [6.07, 6.45) is 1.53. The van der Waals surface area contributed by atoms with Crippen LogP contribution in [0.5, 0.6) is 5.75 Å². The second-order valence-corrected chi connectivity index (χ2v) is 6.64. The maximum absolute atomic E-state index is 12.9. The van der Waals surface area contributed by atoms with Crippen molar-refractivity contribution in [2.75, 3.05) is 5.32 Å². The van der Waals surface area contributed by atoms with Crippen LogP contribution in [0.3, 0.4) is 0 Å². The molecule has 8 heteroatoms.